The van der Waals surface area contributed by atoms with Gasteiger partial charge in [-0.1, -0.05) is 18.2 Å². The predicted molar refractivity (Wildman–Crippen MR) is 69.7 cm³/mol. The van der Waals surface area contributed by atoms with Gasteiger partial charge in [0.2, 0.25) is 0 Å². The van der Waals surface area contributed by atoms with E-state index in [-0.39, 0.29) is 6.42 Å². The number of nitrogens with one attached hydrogen (secondary N) is 2. The molecule has 0 aliphatic rings. The first kappa shape index (κ1) is 13.5. The van der Waals surface area contributed by atoms with Crippen molar-refractivity contribution in [1.29, 1.82) is 0 Å². The number of hydrogen-bond acceptors (Lipinski definition) is 3. The van der Waals surface area contributed by atoms with E-state index in [2.05, 4.69) is 4.98 Å². The Balaban J connectivity index is 2.29. The summed E-state index contributed by atoms with van der Waals surface area (Å²) in [6.07, 6.45) is 1.67. The van der Waals surface area contributed by atoms with Crippen LogP contribution in [0.3, 0.4) is 0 Å². The second kappa shape index (κ2) is 5.00. The fourth-order valence-corrected chi connectivity index (χ4v) is 2.48. The Morgan fingerprint density at radius 3 is 2.74 bits per heavy atom. The molecule has 7 nitrogen and oxygen atoms in total. The molecule has 0 radical (unpaired) electrons. The van der Waals surface area contributed by atoms with E-state index in [0.29, 0.717) is 5.56 Å². The normalized spacial score (nSPS) is 13.5. The van der Waals surface area contributed by atoms with Crippen LogP contribution in [0, 0.1) is 0 Å². The Hall–Kier alpha value is -1.90. The largest absolute Gasteiger partial charge is 0.480 e. The minimum absolute atomic E-state index is 0.00970. The third-order valence-corrected chi connectivity index (χ3v) is 3.32. The molecule has 8 heteroatoms. The molecule has 1 aromatic heterocycles. The average molecular weight is 283 g/mol. The van der Waals surface area contributed by atoms with Crippen molar-refractivity contribution in [3.8, 4) is 0 Å². The number of aliphatic carboxylic acids is 1. The molecule has 1 atom stereocenters. The van der Waals surface area contributed by atoms with Crippen molar-refractivity contribution in [2.75, 3.05) is 0 Å². The lowest BCUT2D eigenvalue weighted by Gasteiger charge is -2.11. The Bertz CT molecular complexity index is 708. The maximum absolute atomic E-state index is 11.0. The van der Waals surface area contributed by atoms with E-state index in [1.165, 1.54) is 0 Å². The van der Waals surface area contributed by atoms with Crippen LogP contribution in [0.25, 0.3) is 10.9 Å². The Morgan fingerprint density at radius 2 is 2.11 bits per heavy atom. The molecular formula is C11H13N3O4S. The molecule has 0 unspecified atom stereocenters. The first-order chi connectivity index (χ1) is 8.87. The molecule has 102 valence electrons. The van der Waals surface area contributed by atoms with Crippen molar-refractivity contribution < 1.29 is 18.3 Å². The van der Waals surface area contributed by atoms with Crippen molar-refractivity contribution in [1.82, 2.24) is 9.71 Å². The summed E-state index contributed by atoms with van der Waals surface area (Å²) in [5, 5.41) is 14.7. The lowest BCUT2D eigenvalue weighted by Crippen LogP contribution is -2.45. The number of aromatic nitrogens is 1. The van der Waals surface area contributed by atoms with Gasteiger partial charge < -0.3 is 10.1 Å². The number of aromatic amines is 1. The summed E-state index contributed by atoms with van der Waals surface area (Å²) < 4.78 is 23.8. The van der Waals surface area contributed by atoms with E-state index >= 15 is 0 Å². The summed E-state index contributed by atoms with van der Waals surface area (Å²) in [7, 11) is -4.07. The minimum Gasteiger partial charge on any atom is -0.480 e. The van der Waals surface area contributed by atoms with Crippen molar-refractivity contribution >= 4 is 27.1 Å². The second-order valence-electron chi connectivity index (χ2n) is 4.12. The lowest BCUT2D eigenvalue weighted by molar-refractivity contribution is -0.138. The topological polar surface area (TPSA) is 125 Å². The van der Waals surface area contributed by atoms with Gasteiger partial charge in [-0.25, -0.2) is 5.14 Å². The maximum atomic E-state index is 11.0. The standard InChI is InChI=1S/C11H13N3O4S/c12-19(17,18)14-10(11(15)16)5-7-6-13-9-4-2-1-3-8(7)9/h1-4,6,10,13-14H,5H2,(H,15,16)(H2,12,17,18)/t10-/m1/s1. The van der Waals surface area contributed by atoms with Gasteiger partial charge in [-0.3, -0.25) is 4.79 Å². The number of hydrogen-bond donors (Lipinski definition) is 4. The van der Waals surface area contributed by atoms with Gasteiger partial charge in [-0.2, -0.15) is 13.1 Å². The molecule has 2 aromatic rings. The number of H-pyrrole nitrogens is 1. The van der Waals surface area contributed by atoms with Gasteiger partial charge in [0.15, 0.2) is 0 Å². The molecule has 0 aliphatic carbocycles. The number of para-hydroxylation sites is 1. The van der Waals surface area contributed by atoms with E-state index < -0.39 is 22.2 Å². The van der Waals surface area contributed by atoms with Crippen LogP contribution in [0.15, 0.2) is 30.5 Å². The molecule has 2 rings (SSSR count). The van der Waals surface area contributed by atoms with E-state index in [4.69, 9.17) is 10.2 Å². The van der Waals surface area contributed by atoms with Gasteiger partial charge in [0.1, 0.15) is 6.04 Å². The molecule has 5 N–H and O–H groups in total. The van der Waals surface area contributed by atoms with E-state index in [0.717, 1.165) is 10.9 Å². The zero-order valence-corrected chi connectivity index (χ0v) is 10.6. The van der Waals surface area contributed by atoms with Gasteiger partial charge in [-0.15, -0.1) is 0 Å². The summed E-state index contributed by atoms with van der Waals surface area (Å²) >= 11 is 0. The zero-order chi connectivity index (χ0) is 14.0. The Morgan fingerprint density at radius 1 is 1.42 bits per heavy atom. The highest BCUT2D eigenvalue weighted by Gasteiger charge is 2.23. The summed E-state index contributed by atoms with van der Waals surface area (Å²) in [6, 6.07) is 6.05. The number of rotatable bonds is 5. The summed E-state index contributed by atoms with van der Waals surface area (Å²) in [5.41, 5.74) is 1.57. The Kier molecular flexibility index (Phi) is 3.56. The van der Waals surface area contributed by atoms with Crippen LogP contribution in [0.4, 0.5) is 0 Å². The molecule has 19 heavy (non-hydrogen) atoms. The van der Waals surface area contributed by atoms with Crippen LogP contribution in [-0.2, 0) is 21.4 Å². The maximum Gasteiger partial charge on any atom is 0.322 e. The number of carbonyl (C=O) groups is 1. The third-order valence-electron chi connectivity index (χ3n) is 2.70. The first-order valence-corrected chi connectivity index (χ1v) is 6.99. The highest BCUT2D eigenvalue weighted by molar-refractivity contribution is 7.87. The second-order valence-corrected chi connectivity index (χ2v) is 5.44. The third kappa shape index (κ3) is 3.31. The fraction of sp³-hybridized carbons (Fsp3) is 0.182. The minimum atomic E-state index is -4.07. The van der Waals surface area contributed by atoms with Gasteiger partial charge >= 0.3 is 5.97 Å². The van der Waals surface area contributed by atoms with Gasteiger partial charge in [0.05, 0.1) is 0 Å². The molecule has 0 amide bonds. The van der Waals surface area contributed by atoms with Crippen molar-refractivity contribution in [2.45, 2.75) is 12.5 Å². The number of carboxylic acid groups (broad SMARTS) is 1. The van der Waals surface area contributed by atoms with E-state index in [9.17, 15) is 13.2 Å². The van der Waals surface area contributed by atoms with Crippen molar-refractivity contribution in [3.05, 3.63) is 36.0 Å². The van der Waals surface area contributed by atoms with Crippen LogP contribution in [0.1, 0.15) is 5.56 Å². The molecule has 0 saturated carbocycles. The van der Waals surface area contributed by atoms with Crippen LogP contribution >= 0.6 is 0 Å². The van der Waals surface area contributed by atoms with Crippen LogP contribution in [-0.4, -0.2) is 30.5 Å². The highest BCUT2D eigenvalue weighted by atomic mass is 32.2. The zero-order valence-electron chi connectivity index (χ0n) is 9.83. The molecule has 0 spiro atoms. The number of fused-ring (bicyclic) bond motifs is 1. The smallest absolute Gasteiger partial charge is 0.322 e. The van der Waals surface area contributed by atoms with Gasteiger partial charge in [-0.05, 0) is 11.6 Å². The number of benzene rings is 1. The van der Waals surface area contributed by atoms with Gasteiger partial charge in [0, 0.05) is 23.5 Å². The molecule has 1 aromatic carbocycles. The predicted octanol–water partition coefficient (Wildman–Crippen LogP) is -0.0433. The molecule has 0 saturated heterocycles. The summed E-state index contributed by atoms with van der Waals surface area (Å²) in [6.45, 7) is 0. The van der Waals surface area contributed by atoms with Crippen LogP contribution < -0.4 is 9.86 Å². The highest BCUT2D eigenvalue weighted by Crippen LogP contribution is 2.19. The van der Waals surface area contributed by atoms with Crippen molar-refractivity contribution in [2.24, 2.45) is 5.14 Å². The Labute approximate surface area is 109 Å². The number of nitrogens with two attached hydrogens (primary N) is 1. The van der Waals surface area contributed by atoms with E-state index in [1.54, 1.807) is 6.20 Å². The fourth-order valence-electron chi connectivity index (χ4n) is 1.90. The first-order valence-electron chi connectivity index (χ1n) is 5.44. The summed E-state index contributed by atoms with van der Waals surface area (Å²) in [4.78, 5) is 14.0. The molecule has 0 bridgehead atoms. The quantitative estimate of drug-likeness (QED) is 0.614. The molecule has 1 heterocycles. The van der Waals surface area contributed by atoms with Crippen molar-refractivity contribution in [3.63, 3.8) is 0 Å². The molecular weight excluding hydrogens is 270 g/mol. The van der Waals surface area contributed by atoms with E-state index in [1.807, 2.05) is 29.0 Å². The van der Waals surface area contributed by atoms with Gasteiger partial charge in [0.25, 0.3) is 10.2 Å². The summed E-state index contributed by atoms with van der Waals surface area (Å²) in [5.74, 6) is -1.28. The molecule has 0 fully saturated rings. The average Bonchev–Trinajstić information content (AvgIpc) is 2.70. The lowest BCUT2D eigenvalue weighted by atomic mass is 10.1. The number of carboxylic acids is 1. The monoisotopic (exact) mass is 283 g/mol. The molecule has 0 aliphatic heterocycles. The van der Waals surface area contributed by atoms with Crippen LogP contribution in [0.2, 0.25) is 0 Å². The van der Waals surface area contributed by atoms with Crippen LogP contribution in [0.5, 0.6) is 0 Å². The SMILES string of the molecule is NS(=O)(=O)N[C@H](Cc1c[nH]c2ccccc12)C(=O)O.